The lowest BCUT2D eigenvalue weighted by Crippen LogP contribution is -2.02. The molecule has 15 heavy (non-hydrogen) atoms. The summed E-state index contributed by atoms with van der Waals surface area (Å²) in [6.45, 7) is 0. The quantitative estimate of drug-likeness (QED) is 0.856. The van der Waals surface area contributed by atoms with Crippen molar-refractivity contribution in [2.24, 2.45) is 0 Å². The largest absolute Gasteiger partial charge is 0.396 e. The molecule has 74 valence electrons. The van der Waals surface area contributed by atoms with Crippen LogP contribution in [-0.2, 0) is 0 Å². The monoisotopic (exact) mass is 262 g/mol. The highest BCUT2D eigenvalue weighted by Gasteiger charge is 2.09. The predicted molar refractivity (Wildman–Crippen MR) is 60.4 cm³/mol. The highest BCUT2D eigenvalue weighted by molar-refractivity contribution is 9.10. The van der Waals surface area contributed by atoms with Crippen LogP contribution in [0.25, 0.3) is 5.69 Å². The Morgan fingerprint density at radius 3 is 2.93 bits per heavy atom. The Labute approximate surface area is 95.1 Å². The summed E-state index contributed by atoms with van der Waals surface area (Å²) in [7, 11) is 0. The highest BCUT2D eigenvalue weighted by Crippen LogP contribution is 2.26. The summed E-state index contributed by atoms with van der Waals surface area (Å²) in [5.74, 6) is 0. The number of anilines is 1. The fourth-order valence-corrected chi connectivity index (χ4v) is 1.90. The summed E-state index contributed by atoms with van der Waals surface area (Å²) in [6, 6.07) is 5.62. The van der Waals surface area contributed by atoms with Gasteiger partial charge in [-0.1, -0.05) is 0 Å². The number of rotatable bonds is 1. The van der Waals surface area contributed by atoms with E-state index in [0.717, 1.165) is 10.2 Å². The van der Waals surface area contributed by atoms with Gasteiger partial charge < -0.3 is 10.3 Å². The minimum absolute atomic E-state index is 0.525. The molecule has 0 amide bonds. The topological polar surface area (TPSA) is 67.6 Å². The number of halogens is 1. The third-order valence-electron chi connectivity index (χ3n) is 2.01. The number of hydrogen-bond donors (Lipinski definition) is 1. The van der Waals surface area contributed by atoms with Crippen LogP contribution < -0.4 is 5.73 Å². The predicted octanol–water partition coefficient (Wildman–Crippen LogP) is 2.09. The molecule has 0 saturated carbocycles. The Bertz CT molecular complexity index is 518. The van der Waals surface area contributed by atoms with Crippen LogP contribution in [0.15, 0.2) is 35.2 Å². The normalized spacial score (nSPS) is 9.87. The molecule has 4 nitrogen and oxygen atoms in total. The van der Waals surface area contributed by atoms with Crippen LogP contribution in [0, 0.1) is 11.3 Å². The van der Waals surface area contributed by atoms with Gasteiger partial charge in [-0.2, -0.15) is 5.26 Å². The molecule has 0 bridgehead atoms. The lowest BCUT2D eigenvalue weighted by Gasteiger charge is -2.09. The number of aromatic nitrogens is 2. The number of nitrogen functional groups attached to an aromatic ring is 1. The van der Waals surface area contributed by atoms with Gasteiger partial charge in [-0.3, -0.25) is 4.98 Å². The summed E-state index contributed by atoms with van der Waals surface area (Å²) >= 11 is 3.36. The van der Waals surface area contributed by atoms with E-state index < -0.39 is 0 Å². The molecular formula is C10H7BrN4. The zero-order chi connectivity index (χ0) is 10.8. The first-order valence-electron chi connectivity index (χ1n) is 4.21. The van der Waals surface area contributed by atoms with E-state index >= 15 is 0 Å². The molecule has 2 N–H and O–H groups in total. The SMILES string of the molecule is N#Cc1cccn1-c1c(N)cncc1Br. The van der Waals surface area contributed by atoms with Crippen LogP contribution in [-0.4, -0.2) is 9.55 Å². The third kappa shape index (κ3) is 1.60. The second-order valence-corrected chi connectivity index (χ2v) is 3.79. The minimum atomic E-state index is 0.525. The highest BCUT2D eigenvalue weighted by atomic mass is 79.9. The molecule has 2 aromatic heterocycles. The summed E-state index contributed by atoms with van der Waals surface area (Å²) in [4.78, 5) is 3.94. The van der Waals surface area contributed by atoms with Crippen molar-refractivity contribution in [3.05, 3.63) is 40.9 Å². The van der Waals surface area contributed by atoms with Gasteiger partial charge in [-0.25, -0.2) is 0 Å². The Morgan fingerprint density at radius 2 is 2.27 bits per heavy atom. The van der Waals surface area contributed by atoms with Gasteiger partial charge in [0.2, 0.25) is 0 Å². The van der Waals surface area contributed by atoms with Gasteiger partial charge in [0.15, 0.2) is 0 Å². The molecule has 0 spiro atoms. The van der Waals surface area contributed by atoms with Crippen molar-refractivity contribution in [3.63, 3.8) is 0 Å². The molecule has 2 rings (SSSR count). The lowest BCUT2D eigenvalue weighted by atomic mass is 10.3. The van der Waals surface area contributed by atoms with Crippen LogP contribution in [0.2, 0.25) is 0 Å². The Hall–Kier alpha value is -1.80. The van der Waals surface area contributed by atoms with E-state index in [2.05, 4.69) is 27.0 Å². The van der Waals surface area contributed by atoms with Gasteiger partial charge in [-0.15, -0.1) is 0 Å². The van der Waals surface area contributed by atoms with E-state index in [1.807, 2.05) is 0 Å². The molecule has 0 unspecified atom stereocenters. The van der Waals surface area contributed by atoms with Gasteiger partial charge in [0, 0.05) is 12.4 Å². The molecule has 0 fully saturated rings. The lowest BCUT2D eigenvalue weighted by molar-refractivity contribution is 1.04. The van der Waals surface area contributed by atoms with Crippen LogP contribution in [0.5, 0.6) is 0 Å². The van der Waals surface area contributed by atoms with E-state index in [1.165, 1.54) is 0 Å². The van der Waals surface area contributed by atoms with Crippen molar-refractivity contribution in [2.75, 3.05) is 5.73 Å². The Morgan fingerprint density at radius 1 is 1.47 bits per heavy atom. The van der Waals surface area contributed by atoms with Crippen molar-refractivity contribution in [1.29, 1.82) is 5.26 Å². The molecule has 0 radical (unpaired) electrons. The second-order valence-electron chi connectivity index (χ2n) is 2.93. The average molecular weight is 263 g/mol. The number of nitrogens with two attached hydrogens (primary N) is 1. The maximum absolute atomic E-state index is 8.91. The van der Waals surface area contributed by atoms with E-state index in [9.17, 15) is 0 Å². The molecule has 0 aliphatic carbocycles. The van der Waals surface area contributed by atoms with E-state index in [1.54, 1.807) is 35.3 Å². The Balaban J connectivity index is 2.70. The van der Waals surface area contributed by atoms with Crippen LogP contribution >= 0.6 is 15.9 Å². The number of hydrogen-bond acceptors (Lipinski definition) is 3. The van der Waals surface area contributed by atoms with Gasteiger partial charge in [-0.05, 0) is 28.1 Å². The summed E-state index contributed by atoms with van der Waals surface area (Å²) in [5.41, 5.74) is 7.62. The first-order valence-corrected chi connectivity index (χ1v) is 5.00. The number of pyridine rings is 1. The van der Waals surface area contributed by atoms with E-state index in [-0.39, 0.29) is 0 Å². The fraction of sp³-hybridized carbons (Fsp3) is 0. The molecular weight excluding hydrogens is 256 g/mol. The Kier molecular flexibility index (Phi) is 2.44. The van der Waals surface area contributed by atoms with E-state index in [4.69, 9.17) is 11.0 Å². The number of nitrogens with zero attached hydrogens (tertiary/aromatic N) is 3. The zero-order valence-electron chi connectivity index (χ0n) is 7.68. The summed E-state index contributed by atoms with van der Waals surface area (Å²) in [5, 5.41) is 8.91. The smallest absolute Gasteiger partial charge is 0.124 e. The zero-order valence-corrected chi connectivity index (χ0v) is 9.27. The summed E-state index contributed by atoms with van der Waals surface area (Å²) < 4.78 is 2.48. The average Bonchev–Trinajstić information content (AvgIpc) is 2.65. The van der Waals surface area contributed by atoms with Gasteiger partial charge in [0.25, 0.3) is 0 Å². The molecule has 0 aliphatic rings. The van der Waals surface area contributed by atoms with Crippen LogP contribution in [0.4, 0.5) is 5.69 Å². The van der Waals surface area contributed by atoms with E-state index in [0.29, 0.717) is 11.4 Å². The van der Waals surface area contributed by atoms with Crippen molar-refractivity contribution in [2.45, 2.75) is 0 Å². The van der Waals surface area contributed by atoms with Crippen molar-refractivity contribution in [1.82, 2.24) is 9.55 Å². The van der Waals surface area contributed by atoms with Crippen LogP contribution in [0.3, 0.4) is 0 Å². The molecule has 0 atom stereocenters. The maximum Gasteiger partial charge on any atom is 0.124 e. The van der Waals surface area contributed by atoms with Gasteiger partial charge in [0.1, 0.15) is 11.8 Å². The van der Waals surface area contributed by atoms with Gasteiger partial charge in [0.05, 0.1) is 22.0 Å². The van der Waals surface area contributed by atoms with Crippen molar-refractivity contribution < 1.29 is 0 Å². The first-order chi connectivity index (χ1) is 7.24. The van der Waals surface area contributed by atoms with Gasteiger partial charge >= 0.3 is 0 Å². The number of nitriles is 1. The maximum atomic E-state index is 8.91. The second kappa shape index (κ2) is 3.75. The fourth-order valence-electron chi connectivity index (χ4n) is 1.36. The molecule has 2 aromatic rings. The molecule has 2 heterocycles. The first kappa shape index (κ1) is 9.74. The summed E-state index contributed by atoms with van der Waals surface area (Å²) in [6.07, 6.45) is 4.99. The molecule has 5 heteroatoms. The van der Waals surface area contributed by atoms with Crippen molar-refractivity contribution >= 4 is 21.6 Å². The minimum Gasteiger partial charge on any atom is -0.396 e. The van der Waals surface area contributed by atoms with Crippen LogP contribution in [0.1, 0.15) is 5.69 Å². The molecule has 0 aromatic carbocycles. The standard InChI is InChI=1S/C10H7BrN4/c11-8-5-14-6-9(13)10(8)15-3-1-2-7(15)4-12/h1-3,5-6H,13H2. The third-order valence-corrected chi connectivity index (χ3v) is 2.59. The molecule has 0 aliphatic heterocycles. The van der Waals surface area contributed by atoms with Crippen molar-refractivity contribution in [3.8, 4) is 11.8 Å². The molecule has 0 saturated heterocycles.